The van der Waals surface area contributed by atoms with Gasteiger partial charge in [-0.25, -0.2) is 4.98 Å². The second-order valence-electron chi connectivity index (χ2n) is 5.64. The van der Waals surface area contributed by atoms with Gasteiger partial charge in [0.05, 0.1) is 18.6 Å². The average molecular weight is 306 g/mol. The van der Waals surface area contributed by atoms with Crippen LogP contribution in [0.4, 0.5) is 0 Å². The van der Waals surface area contributed by atoms with Crippen LogP contribution in [-0.4, -0.2) is 34.7 Å². The highest BCUT2D eigenvalue weighted by atomic mass is 35.5. The molecule has 112 valence electrons. The van der Waals surface area contributed by atoms with E-state index in [4.69, 9.17) is 16.3 Å². The van der Waals surface area contributed by atoms with E-state index in [0.29, 0.717) is 5.92 Å². The molecule has 0 unspecified atom stereocenters. The lowest BCUT2D eigenvalue weighted by Crippen LogP contribution is -2.35. The molecule has 0 N–H and O–H groups in total. The molecule has 0 spiro atoms. The predicted octanol–water partition coefficient (Wildman–Crippen LogP) is 2.82. The van der Waals surface area contributed by atoms with Gasteiger partial charge in [-0.1, -0.05) is 23.7 Å². The molecule has 0 saturated carbocycles. The van der Waals surface area contributed by atoms with Gasteiger partial charge in [0.1, 0.15) is 0 Å². The number of benzene rings is 1. The SMILES string of the molecule is COC[C@H]1CN(Cc2cccc(Cl)c2)Cc2ncn(C)c21. The average Bonchev–Trinajstić information content (AvgIpc) is 2.81. The smallest absolute Gasteiger partial charge is 0.0949 e. The Labute approximate surface area is 130 Å². The van der Waals surface area contributed by atoms with Crippen molar-refractivity contribution < 1.29 is 4.74 Å². The van der Waals surface area contributed by atoms with Crippen molar-refractivity contribution in [3.8, 4) is 0 Å². The molecule has 2 aromatic rings. The second kappa shape index (κ2) is 6.18. The second-order valence-corrected chi connectivity index (χ2v) is 6.08. The fraction of sp³-hybridized carbons (Fsp3) is 0.438. The summed E-state index contributed by atoms with van der Waals surface area (Å²) in [5.74, 6) is 0.366. The van der Waals surface area contributed by atoms with Crippen LogP contribution in [0.5, 0.6) is 0 Å². The molecule has 2 heterocycles. The summed E-state index contributed by atoms with van der Waals surface area (Å²) < 4.78 is 7.51. The van der Waals surface area contributed by atoms with Crippen LogP contribution in [0.1, 0.15) is 22.9 Å². The van der Waals surface area contributed by atoms with Crippen LogP contribution >= 0.6 is 11.6 Å². The molecule has 0 saturated heterocycles. The Hall–Kier alpha value is -1.36. The van der Waals surface area contributed by atoms with Gasteiger partial charge < -0.3 is 9.30 Å². The van der Waals surface area contributed by atoms with E-state index >= 15 is 0 Å². The maximum atomic E-state index is 6.07. The molecule has 4 nitrogen and oxygen atoms in total. The number of halogens is 1. The predicted molar refractivity (Wildman–Crippen MR) is 83.4 cm³/mol. The van der Waals surface area contributed by atoms with E-state index in [1.165, 1.54) is 11.3 Å². The van der Waals surface area contributed by atoms with Crippen LogP contribution in [0.3, 0.4) is 0 Å². The molecule has 1 aliphatic heterocycles. The quantitative estimate of drug-likeness (QED) is 0.870. The van der Waals surface area contributed by atoms with E-state index in [1.807, 2.05) is 24.5 Å². The number of rotatable bonds is 4. The van der Waals surface area contributed by atoms with Crippen molar-refractivity contribution in [1.82, 2.24) is 14.5 Å². The van der Waals surface area contributed by atoms with Crippen LogP contribution in [-0.2, 0) is 24.9 Å². The molecule has 0 amide bonds. The molecule has 1 aromatic heterocycles. The van der Waals surface area contributed by atoms with Crippen LogP contribution in [0, 0.1) is 0 Å². The van der Waals surface area contributed by atoms with Crippen molar-refractivity contribution >= 4 is 11.6 Å². The summed E-state index contributed by atoms with van der Waals surface area (Å²) in [5, 5.41) is 0.788. The van der Waals surface area contributed by atoms with Gasteiger partial charge in [-0.05, 0) is 17.7 Å². The topological polar surface area (TPSA) is 30.3 Å². The van der Waals surface area contributed by atoms with Gasteiger partial charge in [0.2, 0.25) is 0 Å². The van der Waals surface area contributed by atoms with Gasteiger partial charge >= 0.3 is 0 Å². The number of aromatic nitrogens is 2. The first kappa shape index (κ1) is 14.6. The van der Waals surface area contributed by atoms with Gasteiger partial charge in [-0.2, -0.15) is 0 Å². The molecular weight excluding hydrogens is 286 g/mol. The van der Waals surface area contributed by atoms with Gasteiger partial charge in [0, 0.05) is 50.4 Å². The summed E-state index contributed by atoms with van der Waals surface area (Å²) >= 11 is 6.07. The highest BCUT2D eigenvalue weighted by Gasteiger charge is 2.28. The summed E-state index contributed by atoms with van der Waals surface area (Å²) in [6.45, 7) is 3.46. The zero-order chi connectivity index (χ0) is 14.8. The number of aryl methyl sites for hydroxylation is 1. The van der Waals surface area contributed by atoms with Crippen LogP contribution in [0.25, 0.3) is 0 Å². The standard InChI is InChI=1S/C16H20ClN3O/c1-19-11-18-15-9-20(8-13(10-21-2)16(15)19)7-12-4-3-5-14(17)6-12/h3-6,11,13H,7-10H2,1-2H3/t13-/m1/s1. The molecule has 3 rings (SSSR count). The number of hydrogen-bond donors (Lipinski definition) is 0. The third-order valence-corrected chi connectivity index (χ3v) is 4.20. The van der Waals surface area contributed by atoms with Gasteiger partial charge in [0.15, 0.2) is 0 Å². The first-order valence-electron chi connectivity index (χ1n) is 7.13. The third kappa shape index (κ3) is 3.12. The molecule has 1 aromatic carbocycles. The minimum absolute atomic E-state index is 0.366. The number of hydrogen-bond acceptors (Lipinski definition) is 3. The fourth-order valence-corrected chi connectivity index (χ4v) is 3.37. The molecule has 0 bridgehead atoms. The minimum Gasteiger partial charge on any atom is -0.384 e. The largest absolute Gasteiger partial charge is 0.384 e. The van der Waals surface area contributed by atoms with Crippen molar-refractivity contribution in [2.75, 3.05) is 20.3 Å². The number of nitrogens with zero attached hydrogens (tertiary/aromatic N) is 3. The summed E-state index contributed by atoms with van der Waals surface area (Å²) in [6.07, 6.45) is 1.90. The highest BCUT2D eigenvalue weighted by Crippen LogP contribution is 2.28. The number of ether oxygens (including phenoxy) is 1. The van der Waals surface area contributed by atoms with E-state index < -0.39 is 0 Å². The fourth-order valence-electron chi connectivity index (χ4n) is 3.15. The Morgan fingerprint density at radius 3 is 3.05 bits per heavy atom. The Bertz CT molecular complexity index is 626. The van der Waals surface area contributed by atoms with E-state index in [-0.39, 0.29) is 0 Å². The van der Waals surface area contributed by atoms with E-state index in [1.54, 1.807) is 7.11 Å². The maximum absolute atomic E-state index is 6.07. The summed E-state index contributed by atoms with van der Waals surface area (Å²) in [7, 11) is 3.81. The van der Waals surface area contributed by atoms with E-state index in [2.05, 4.69) is 27.6 Å². The molecule has 21 heavy (non-hydrogen) atoms. The Morgan fingerprint density at radius 2 is 2.29 bits per heavy atom. The molecule has 1 atom stereocenters. The van der Waals surface area contributed by atoms with Crippen LogP contribution in [0.2, 0.25) is 5.02 Å². The molecular formula is C16H20ClN3O. The zero-order valence-electron chi connectivity index (χ0n) is 12.4. The van der Waals surface area contributed by atoms with Crippen molar-refractivity contribution in [1.29, 1.82) is 0 Å². The van der Waals surface area contributed by atoms with Gasteiger partial charge in [0.25, 0.3) is 0 Å². The number of fused-ring (bicyclic) bond motifs is 1. The molecule has 0 fully saturated rings. The molecule has 0 radical (unpaired) electrons. The maximum Gasteiger partial charge on any atom is 0.0949 e. The Kier molecular flexibility index (Phi) is 4.29. The first-order valence-corrected chi connectivity index (χ1v) is 7.51. The van der Waals surface area contributed by atoms with E-state index in [0.717, 1.165) is 37.0 Å². The monoisotopic (exact) mass is 305 g/mol. The molecule has 1 aliphatic rings. The normalized spacial score (nSPS) is 18.7. The first-order chi connectivity index (χ1) is 10.2. The molecule has 0 aliphatic carbocycles. The Morgan fingerprint density at radius 1 is 1.43 bits per heavy atom. The summed E-state index contributed by atoms with van der Waals surface area (Å²) in [6, 6.07) is 8.05. The third-order valence-electron chi connectivity index (χ3n) is 3.96. The van der Waals surface area contributed by atoms with Crippen molar-refractivity contribution in [2.24, 2.45) is 7.05 Å². The minimum atomic E-state index is 0.366. The van der Waals surface area contributed by atoms with Crippen molar-refractivity contribution in [2.45, 2.75) is 19.0 Å². The van der Waals surface area contributed by atoms with Crippen LogP contribution < -0.4 is 0 Å². The number of imidazole rings is 1. The van der Waals surface area contributed by atoms with Crippen molar-refractivity contribution in [3.63, 3.8) is 0 Å². The number of methoxy groups -OCH3 is 1. The molecule has 5 heteroatoms. The lowest BCUT2D eigenvalue weighted by molar-refractivity contribution is 0.132. The van der Waals surface area contributed by atoms with Gasteiger partial charge in [-0.15, -0.1) is 0 Å². The lowest BCUT2D eigenvalue weighted by atomic mass is 9.98. The van der Waals surface area contributed by atoms with Gasteiger partial charge in [-0.3, -0.25) is 4.90 Å². The zero-order valence-corrected chi connectivity index (χ0v) is 13.2. The van der Waals surface area contributed by atoms with Crippen LogP contribution in [0.15, 0.2) is 30.6 Å². The summed E-state index contributed by atoms with van der Waals surface area (Å²) in [4.78, 5) is 6.95. The highest BCUT2D eigenvalue weighted by molar-refractivity contribution is 6.30. The van der Waals surface area contributed by atoms with E-state index in [9.17, 15) is 0 Å². The Balaban J connectivity index is 1.80. The lowest BCUT2D eigenvalue weighted by Gasteiger charge is -2.32. The summed E-state index contributed by atoms with van der Waals surface area (Å²) in [5.41, 5.74) is 3.70. The van der Waals surface area contributed by atoms with Crippen molar-refractivity contribution in [3.05, 3.63) is 52.6 Å².